The van der Waals surface area contributed by atoms with Crippen molar-refractivity contribution in [3.05, 3.63) is 24.3 Å². The van der Waals surface area contributed by atoms with Crippen LogP contribution in [0.3, 0.4) is 0 Å². The number of carbonyl (C=O) groups excluding carboxylic acids is 3. The molecule has 0 amide bonds. The molecule has 0 saturated heterocycles. The van der Waals surface area contributed by atoms with Crippen LogP contribution in [-0.4, -0.2) is 37.2 Å². The van der Waals surface area contributed by atoms with Crippen LogP contribution in [0.4, 0.5) is 0 Å². The third kappa shape index (κ3) is 50.7. The largest absolute Gasteiger partial charge is 0.462 e. The van der Waals surface area contributed by atoms with Gasteiger partial charge in [-0.05, 0) is 51.4 Å². The maximum absolute atomic E-state index is 12.8. The lowest BCUT2D eigenvalue weighted by molar-refractivity contribution is -0.167. The molecule has 0 saturated carbocycles. The summed E-state index contributed by atoms with van der Waals surface area (Å²) in [7, 11) is 0. The second-order valence-electron chi connectivity index (χ2n) is 18.9. The molecule has 0 N–H and O–H groups in total. The van der Waals surface area contributed by atoms with E-state index in [4.69, 9.17) is 14.2 Å². The standard InChI is InChI=1S/C57H106O6/c1-4-7-10-13-16-19-22-25-27-28-30-32-35-38-41-44-47-50-56(59)62-53-54(52-61-55(58)49-46-43-40-37-34-31-24-21-18-15-12-9-6-3)63-57(60)51-48-45-42-39-36-33-29-26-23-20-17-14-11-8-5-2/h17,20,26,29,54H,4-16,18-19,21-25,27-28,30-53H2,1-3H3/b20-17-,29-26-/t54-/m0/s1. The van der Waals surface area contributed by atoms with Crippen molar-refractivity contribution >= 4 is 17.9 Å². The van der Waals surface area contributed by atoms with Crippen molar-refractivity contribution in [3.8, 4) is 0 Å². The van der Waals surface area contributed by atoms with E-state index in [1.807, 2.05) is 0 Å². The minimum absolute atomic E-state index is 0.0717. The van der Waals surface area contributed by atoms with Gasteiger partial charge in [0.05, 0.1) is 0 Å². The van der Waals surface area contributed by atoms with Gasteiger partial charge in [-0.15, -0.1) is 0 Å². The molecule has 1 atom stereocenters. The minimum atomic E-state index is -0.773. The molecule has 0 aliphatic rings. The molecule has 0 radical (unpaired) electrons. The van der Waals surface area contributed by atoms with Crippen LogP contribution >= 0.6 is 0 Å². The zero-order valence-corrected chi connectivity index (χ0v) is 42.4. The molecule has 0 aromatic heterocycles. The van der Waals surface area contributed by atoms with Crippen LogP contribution in [0.15, 0.2) is 24.3 Å². The van der Waals surface area contributed by atoms with E-state index < -0.39 is 6.10 Å². The first kappa shape index (κ1) is 60.9. The number of esters is 3. The van der Waals surface area contributed by atoms with Crippen LogP contribution in [0.2, 0.25) is 0 Å². The van der Waals surface area contributed by atoms with Gasteiger partial charge in [-0.1, -0.05) is 257 Å². The van der Waals surface area contributed by atoms with Crippen molar-refractivity contribution in [3.63, 3.8) is 0 Å². The third-order valence-electron chi connectivity index (χ3n) is 12.5. The maximum atomic E-state index is 12.8. The lowest BCUT2D eigenvalue weighted by Crippen LogP contribution is -2.30. The Balaban J connectivity index is 4.33. The molecule has 6 nitrogen and oxygen atoms in total. The summed E-state index contributed by atoms with van der Waals surface area (Å²) in [5.74, 6) is -0.867. The molecular formula is C57H106O6. The lowest BCUT2D eigenvalue weighted by atomic mass is 10.0. The van der Waals surface area contributed by atoms with Gasteiger partial charge in [0.15, 0.2) is 6.10 Å². The monoisotopic (exact) mass is 887 g/mol. The fourth-order valence-electron chi connectivity index (χ4n) is 8.24. The van der Waals surface area contributed by atoms with E-state index in [9.17, 15) is 14.4 Å². The molecule has 0 heterocycles. The molecule has 0 aromatic rings. The van der Waals surface area contributed by atoms with E-state index in [1.54, 1.807) is 0 Å². The summed E-state index contributed by atoms with van der Waals surface area (Å²) < 4.78 is 16.8. The van der Waals surface area contributed by atoms with Crippen molar-refractivity contribution in [1.82, 2.24) is 0 Å². The first-order valence-electron chi connectivity index (χ1n) is 27.8. The second kappa shape index (κ2) is 52.5. The average molecular weight is 887 g/mol. The van der Waals surface area contributed by atoms with Gasteiger partial charge in [-0.2, -0.15) is 0 Å². The molecular weight excluding hydrogens is 781 g/mol. The van der Waals surface area contributed by atoms with Crippen LogP contribution in [0, 0.1) is 0 Å². The number of allylic oxidation sites excluding steroid dienone is 4. The summed E-state index contributed by atoms with van der Waals surface area (Å²) >= 11 is 0. The number of carbonyl (C=O) groups is 3. The topological polar surface area (TPSA) is 78.9 Å². The third-order valence-corrected chi connectivity index (χ3v) is 12.5. The van der Waals surface area contributed by atoms with Crippen LogP contribution in [-0.2, 0) is 28.6 Å². The SMILES string of the molecule is CCCCC/C=C\C/C=C\CCCCCCCC(=O)O[C@@H](COC(=O)CCCCCCCCCCCCCCC)COC(=O)CCCCCCCCCCCCCCCCCCC. The molecule has 6 heteroatoms. The quantitative estimate of drug-likeness (QED) is 0.0262. The highest BCUT2D eigenvalue weighted by Crippen LogP contribution is 2.17. The highest BCUT2D eigenvalue weighted by molar-refractivity contribution is 5.71. The predicted molar refractivity (Wildman–Crippen MR) is 270 cm³/mol. The summed E-state index contributed by atoms with van der Waals surface area (Å²) in [5, 5.41) is 0. The summed E-state index contributed by atoms with van der Waals surface area (Å²) in [5.41, 5.74) is 0. The number of hydrogen-bond donors (Lipinski definition) is 0. The Bertz CT molecular complexity index is 1020. The van der Waals surface area contributed by atoms with Crippen molar-refractivity contribution in [2.75, 3.05) is 13.2 Å². The highest BCUT2D eigenvalue weighted by atomic mass is 16.6. The van der Waals surface area contributed by atoms with Crippen molar-refractivity contribution in [2.24, 2.45) is 0 Å². The Morgan fingerprint density at radius 3 is 0.905 bits per heavy atom. The summed E-state index contributed by atoms with van der Waals surface area (Å²) in [6.45, 7) is 6.64. The molecule has 0 unspecified atom stereocenters. The van der Waals surface area contributed by atoms with Crippen LogP contribution in [0.1, 0.15) is 303 Å². The fraction of sp³-hybridized carbons (Fsp3) is 0.877. The molecule has 0 bridgehead atoms. The summed E-state index contributed by atoms with van der Waals surface area (Å²) in [6, 6.07) is 0. The number of hydrogen-bond acceptors (Lipinski definition) is 6. The minimum Gasteiger partial charge on any atom is -0.462 e. The summed E-state index contributed by atoms with van der Waals surface area (Å²) in [4.78, 5) is 38.1. The average Bonchev–Trinajstić information content (AvgIpc) is 3.28. The number of unbranched alkanes of at least 4 members (excludes halogenated alkanes) is 36. The molecule has 63 heavy (non-hydrogen) atoms. The molecule has 0 aliphatic carbocycles. The fourth-order valence-corrected chi connectivity index (χ4v) is 8.24. The normalized spacial score (nSPS) is 12.1. The van der Waals surface area contributed by atoms with Gasteiger partial charge in [0.1, 0.15) is 13.2 Å². The first-order valence-corrected chi connectivity index (χ1v) is 27.8. The Labute approximate surface area is 392 Å². The summed E-state index contributed by atoms with van der Waals surface area (Å²) in [6.07, 6.45) is 60.2. The molecule has 0 rings (SSSR count). The van der Waals surface area contributed by atoms with E-state index in [2.05, 4.69) is 45.1 Å². The molecule has 0 fully saturated rings. The van der Waals surface area contributed by atoms with Gasteiger partial charge in [-0.25, -0.2) is 0 Å². The van der Waals surface area contributed by atoms with Crippen LogP contribution in [0.5, 0.6) is 0 Å². The van der Waals surface area contributed by atoms with Gasteiger partial charge in [-0.3, -0.25) is 14.4 Å². The van der Waals surface area contributed by atoms with Gasteiger partial charge >= 0.3 is 17.9 Å². The molecule has 370 valence electrons. The van der Waals surface area contributed by atoms with Crippen molar-refractivity contribution < 1.29 is 28.6 Å². The highest BCUT2D eigenvalue weighted by Gasteiger charge is 2.19. The van der Waals surface area contributed by atoms with Gasteiger partial charge < -0.3 is 14.2 Å². The number of ether oxygens (including phenoxy) is 3. The van der Waals surface area contributed by atoms with E-state index in [1.165, 1.54) is 186 Å². The predicted octanol–water partition coefficient (Wildman–Crippen LogP) is 18.3. The Kier molecular flexibility index (Phi) is 50.8. The van der Waals surface area contributed by atoms with E-state index >= 15 is 0 Å². The van der Waals surface area contributed by atoms with Crippen LogP contribution in [0.25, 0.3) is 0 Å². The first-order chi connectivity index (χ1) is 31.0. The van der Waals surface area contributed by atoms with Gasteiger partial charge in [0, 0.05) is 19.3 Å². The lowest BCUT2D eigenvalue weighted by Gasteiger charge is -2.18. The maximum Gasteiger partial charge on any atom is 0.306 e. The van der Waals surface area contributed by atoms with E-state index in [0.29, 0.717) is 19.3 Å². The number of rotatable bonds is 51. The molecule has 0 spiro atoms. The second-order valence-corrected chi connectivity index (χ2v) is 18.9. The van der Waals surface area contributed by atoms with Crippen molar-refractivity contribution in [1.29, 1.82) is 0 Å². The Hall–Kier alpha value is -2.11. The van der Waals surface area contributed by atoms with E-state index in [0.717, 1.165) is 77.0 Å². The Morgan fingerprint density at radius 1 is 0.317 bits per heavy atom. The van der Waals surface area contributed by atoms with Gasteiger partial charge in [0.2, 0.25) is 0 Å². The smallest absolute Gasteiger partial charge is 0.306 e. The Morgan fingerprint density at radius 2 is 0.571 bits per heavy atom. The molecule has 0 aliphatic heterocycles. The zero-order valence-electron chi connectivity index (χ0n) is 42.4. The van der Waals surface area contributed by atoms with E-state index in [-0.39, 0.29) is 31.1 Å². The van der Waals surface area contributed by atoms with Crippen LogP contribution < -0.4 is 0 Å². The molecule has 0 aromatic carbocycles. The van der Waals surface area contributed by atoms with Crippen molar-refractivity contribution in [2.45, 2.75) is 309 Å². The zero-order chi connectivity index (χ0) is 45.8. The van der Waals surface area contributed by atoms with Gasteiger partial charge in [0.25, 0.3) is 0 Å².